The third-order valence-corrected chi connectivity index (χ3v) is 6.99. The number of carbonyl (C=O) groups excluding carboxylic acids is 1. The molecule has 0 bridgehead atoms. The largest absolute Gasteiger partial charge is 0.410 e. The van der Waals surface area contributed by atoms with Crippen LogP contribution in [0.2, 0.25) is 0 Å². The minimum atomic E-state index is -0.601. The van der Waals surface area contributed by atoms with Gasteiger partial charge in [0.05, 0.1) is 22.4 Å². The number of fused-ring (bicyclic) bond motifs is 4. The van der Waals surface area contributed by atoms with Crippen LogP contribution in [0.5, 0.6) is 0 Å². The number of benzene rings is 2. The van der Waals surface area contributed by atoms with Crippen LogP contribution in [0.3, 0.4) is 0 Å². The number of hydrogen-bond donors (Lipinski definition) is 1. The molecule has 7 heteroatoms. The number of nitrogens with zero attached hydrogens (tertiary/aromatic N) is 3. The Morgan fingerprint density at radius 3 is 2.80 bits per heavy atom. The molecule has 0 spiro atoms. The van der Waals surface area contributed by atoms with Crippen molar-refractivity contribution < 1.29 is 9.37 Å². The average Bonchev–Trinajstić information content (AvgIpc) is 3.20. The number of hydrogen-bond acceptors (Lipinski definition) is 4. The smallest absolute Gasteiger partial charge is 0.361 e. The van der Waals surface area contributed by atoms with Crippen LogP contribution in [-0.4, -0.2) is 48.8 Å². The first-order chi connectivity index (χ1) is 14.7. The molecule has 148 valence electrons. The van der Waals surface area contributed by atoms with E-state index in [9.17, 15) is 9.59 Å². The van der Waals surface area contributed by atoms with E-state index >= 15 is 0 Å². The zero-order chi connectivity index (χ0) is 20.2. The molecule has 0 radical (unpaired) electrons. The minimum absolute atomic E-state index is 0.0118. The van der Waals surface area contributed by atoms with Crippen LogP contribution >= 0.6 is 11.8 Å². The van der Waals surface area contributed by atoms with Crippen LogP contribution in [0.15, 0.2) is 59.5 Å². The predicted molar refractivity (Wildman–Crippen MR) is 119 cm³/mol. The number of amides is 1. The third kappa shape index (κ3) is 2.51. The molecule has 4 aromatic rings. The lowest BCUT2D eigenvalue weighted by atomic mass is 10.0. The lowest BCUT2D eigenvalue weighted by Gasteiger charge is -2.26. The van der Waals surface area contributed by atoms with Gasteiger partial charge in [0.15, 0.2) is 12.6 Å². The Bertz CT molecular complexity index is 1430. The molecule has 6 rings (SSSR count). The number of aromatic nitrogens is 3. The van der Waals surface area contributed by atoms with Crippen LogP contribution in [0, 0.1) is 0 Å². The minimum Gasteiger partial charge on any atom is -0.361 e. The Labute approximate surface area is 176 Å². The Morgan fingerprint density at radius 1 is 1.10 bits per heavy atom. The number of H-pyrrole nitrogens is 1. The van der Waals surface area contributed by atoms with Gasteiger partial charge in [-0.1, -0.05) is 30.3 Å². The maximum atomic E-state index is 13.6. The summed E-state index contributed by atoms with van der Waals surface area (Å²) < 4.78 is 3.50. The monoisotopic (exact) mass is 415 g/mol. The highest BCUT2D eigenvalue weighted by molar-refractivity contribution is 8.00. The molecule has 0 unspecified atom stereocenters. The van der Waals surface area contributed by atoms with Crippen molar-refractivity contribution in [2.45, 2.75) is 12.5 Å². The van der Waals surface area contributed by atoms with Gasteiger partial charge in [-0.05, 0) is 23.8 Å². The van der Waals surface area contributed by atoms with Crippen molar-refractivity contribution in [3.63, 3.8) is 0 Å². The second-order valence-corrected chi connectivity index (χ2v) is 8.80. The van der Waals surface area contributed by atoms with E-state index in [0.717, 1.165) is 27.9 Å². The number of para-hydroxylation sites is 2. The first-order valence-corrected chi connectivity index (χ1v) is 11.2. The third-order valence-electron chi connectivity index (χ3n) is 6.04. The van der Waals surface area contributed by atoms with E-state index in [1.54, 1.807) is 22.4 Å². The SMILES string of the molecule is O=C1[C@@H](Cc2c[nH]c3ccccc23)n2c(nc3ccccc3c2=O)C2=[N+]1CCSC2. The Hall–Kier alpha value is -3.19. The molecule has 2 aliphatic heterocycles. The van der Waals surface area contributed by atoms with E-state index < -0.39 is 6.04 Å². The van der Waals surface area contributed by atoms with Crippen molar-refractivity contribution in [3.05, 3.63) is 76.5 Å². The number of aromatic amines is 1. The van der Waals surface area contributed by atoms with E-state index in [1.807, 2.05) is 53.2 Å². The van der Waals surface area contributed by atoms with E-state index in [1.165, 1.54) is 0 Å². The van der Waals surface area contributed by atoms with Crippen LogP contribution in [0.4, 0.5) is 0 Å². The summed E-state index contributed by atoms with van der Waals surface area (Å²) in [5.41, 5.74) is 3.45. The van der Waals surface area contributed by atoms with Gasteiger partial charge in [-0.15, -0.1) is 11.8 Å². The number of rotatable bonds is 2. The molecule has 30 heavy (non-hydrogen) atoms. The second kappa shape index (κ2) is 6.67. The van der Waals surface area contributed by atoms with Gasteiger partial charge in [-0.3, -0.25) is 9.36 Å². The topological polar surface area (TPSA) is 70.8 Å². The summed E-state index contributed by atoms with van der Waals surface area (Å²) in [6.45, 7) is 0.659. The highest BCUT2D eigenvalue weighted by Crippen LogP contribution is 2.28. The van der Waals surface area contributed by atoms with Gasteiger partial charge in [0, 0.05) is 23.5 Å². The fourth-order valence-corrected chi connectivity index (χ4v) is 5.52. The molecule has 1 amide bonds. The van der Waals surface area contributed by atoms with Crippen molar-refractivity contribution in [3.8, 4) is 0 Å². The van der Waals surface area contributed by atoms with Gasteiger partial charge in [0.25, 0.3) is 5.56 Å². The summed E-state index contributed by atoms with van der Waals surface area (Å²) in [6, 6.07) is 14.8. The van der Waals surface area contributed by atoms with Crippen molar-refractivity contribution >= 4 is 45.2 Å². The molecule has 2 aromatic heterocycles. The first-order valence-electron chi connectivity index (χ1n) is 10.0. The average molecular weight is 415 g/mol. The van der Waals surface area contributed by atoms with E-state index in [4.69, 9.17) is 4.98 Å². The molecule has 0 fully saturated rings. The number of thioether (sulfide) groups is 1. The molecule has 1 N–H and O–H groups in total. The van der Waals surface area contributed by atoms with Crippen molar-refractivity contribution in [1.82, 2.24) is 14.5 Å². The fourth-order valence-electron chi connectivity index (χ4n) is 4.58. The van der Waals surface area contributed by atoms with E-state index in [2.05, 4.69) is 4.98 Å². The molecular weight excluding hydrogens is 396 g/mol. The Kier molecular flexibility index (Phi) is 3.92. The molecule has 6 nitrogen and oxygen atoms in total. The molecular formula is C23H19N4O2S+. The highest BCUT2D eigenvalue weighted by atomic mass is 32.2. The maximum absolute atomic E-state index is 13.6. The van der Waals surface area contributed by atoms with Gasteiger partial charge in [-0.25, -0.2) is 9.78 Å². The molecule has 2 aromatic carbocycles. The second-order valence-electron chi connectivity index (χ2n) is 7.70. The van der Waals surface area contributed by atoms with E-state index in [0.29, 0.717) is 35.4 Å². The normalized spacial score (nSPS) is 18.7. The lowest BCUT2D eigenvalue weighted by Crippen LogP contribution is -2.50. The van der Waals surface area contributed by atoms with Crippen LogP contribution in [-0.2, 0) is 11.2 Å². The van der Waals surface area contributed by atoms with Gasteiger partial charge in [0.1, 0.15) is 0 Å². The summed E-state index contributed by atoms with van der Waals surface area (Å²) in [6.07, 6.45) is 2.40. The molecule has 4 heterocycles. The predicted octanol–water partition coefficient (Wildman–Crippen LogP) is 2.75. The quantitative estimate of drug-likeness (QED) is 0.511. The molecule has 0 saturated carbocycles. The summed E-state index contributed by atoms with van der Waals surface area (Å²) in [5.74, 6) is 2.21. The van der Waals surface area contributed by atoms with Crippen molar-refractivity contribution in [2.75, 3.05) is 18.1 Å². The number of nitrogens with one attached hydrogen (secondary N) is 1. The Morgan fingerprint density at radius 2 is 1.90 bits per heavy atom. The summed E-state index contributed by atoms with van der Waals surface area (Å²) in [5, 5.41) is 1.63. The van der Waals surface area contributed by atoms with Gasteiger partial charge < -0.3 is 4.98 Å². The van der Waals surface area contributed by atoms with Crippen LogP contribution < -0.4 is 5.56 Å². The first kappa shape index (κ1) is 17.7. The van der Waals surface area contributed by atoms with E-state index in [-0.39, 0.29) is 11.5 Å². The molecule has 0 saturated heterocycles. The van der Waals surface area contributed by atoms with Gasteiger partial charge in [-0.2, -0.15) is 4.58 Å². The van der Waals surface area contributed by atoms with Crippen LogP contribution in [0.1, 0.15) is 17.4 Å². The summed E-state index contributed by atoms with van der Waals surface area (Å²) >= 11 is 1.77. The lowest BCUT2D eigenvalue weighted by molar-refractivity contribution is -0.451. The molecule has 0 aliphatic carbocycles. The maximum Gasteiger partial charge on any atom is 0.410 e. The van der Waals surface area contributed by atoms with Gasteiger partial charge >= 0.3 is 5.91 Å². The zero-order valence-electron chi connectivity index (χ0n) is 16.2. The summed E-state index contributed by atoms with van der Waals surface area (Å²) in [4.78, 5) is 35.2. The van der Waals surface area contributed by atoms with Crippen molar-refractivity contribution in [2.24, 2.45) is 0 Å². The Balaban J connectivity index is 1.60. The van der Waals surface area contributed by atoms with Crippen LogP contribution in [0.25, 0.3) is 21.8 Å². The summed E-state index contributed by atoms with van der Waals surface area (Å²) in [7, 11) is 0. The molecule has 1 atom stereocenters. The van der Waals surface area contributed by atoms with Crippen molar-refractivity contribution in [1.29, 1.82) is 0 Å². The fraction of sp³-hybridized carbons (Fsp3) is 0.217. The highest BCUT2D eigenvalue weighted by Gasteiger charge is 2.44. The van der Waals surface area contributed by atoms with Gasteiger partial charge in [0.2, 0.25) is 11.5 Å². The zero-order valence-corrected chi connectivity index (χ0v) is 17.0. The molecule has 2 aliphatic rings. The standard InChI is InChI=1S/C23H18N4O2S/c28-22-16-6-2-4-8-18(16)25-21-20-13-30-10-9-26(20)23(29)19(27(21)22)11-14-12-24-17-7-3-1-5-15(14)17/h1-8,12,19H,9-11,13H2/p+1/t19-/m1/s1. The number of carbonyl (C=O) groups is 1.